The van der Waals surface area contributed by atoms with E-state index in [9.17, 15) is 0 Å². The number of nitrogens with one attached hydrogen (secondary N) is 1. The van der Waals surface area contributed by atoms with Crippen molar-refractivity contribution in [2.45, 2.75) is 45.4 Å². The van der Waals surface area contributed by atoms with Crippen LogP contribution in [0, 0.1) is 5.92 Å². The monoisotopic (exact) mass is 378 g/mol. The van der Waals surface area contributed by atoms with Crippen molar-refractivity contribution >= 4 is 38.7 Å². The van der Waals surface area contributed by atoms with Crippen molar-refractivity contribution in [1.29, 1.82) is 0 Å². The molecule has 0 unspecified atom stereocenters. The zero-order chi connectivity index (χ0) is 18.2. The topological polar surface area (TPSA) is 41.0 Å². The van der Waals surface area contributed by atoms with Gasteiger partial charge >= 0.3 is 0 Å². The van der Waals surface area contributed by atoms with Crippen molar-refractivity contribution in [1.82, 2.24) is 9.97 Å². The maximum Gasteiger partial charge on any atom is 0.142 e. The summed E-state index contributed by atoms with van der Waals surface area (Å²) >= 11 is 1.85. The standard InChI is InChI=1S/C22H26N4S/c1-15-10-12-26(13-11-15)17-8-6-16(7-9-17)25-21-20-18-4-2-3-5-19(18)27-22(20)24-14-23-21/h6-9,14-15H,2-5,10-13H2,1H3,(H,23,24,25). The Morgan fingerprint density at radius 2 is 1.81 bits per heavy atom. The molecular weight excluding hydrogens is 352 g/mol. The van der Waals surface area contributed by atoms with Crippen LogP contribution in [0.2, 0.25) is 0 Å². The van der Waals surface area contributed by atoms with E-state index in [1.807, 2.05) is 11.3 Å². The van der Waals surface area contributed by atoms with E-state index in [2.05, 4.69) is 51.4 Å². The van der Waals surface area contributed by atoms with Crippen molar-refractivity contribution < 1.29 is 0 Å². The molecule has 0 saturated carbocycles. The highest BCUT2D eigenvalue weighted by Crippen LogP contribution is 2.39. The predicted octanol–water partition coefficient (Wildman–Crippen LogP) is 5.55. The molecule has 140 valence electrons. The zero-order valence-electron chi connectivity index (χ0n) is 15.9. The van der Waals surface area contributed by atoms with Crippen LogP contribution in [0.15, 0.2) is 30.6 Å². The number of rotatable bonds is 3. The van der Waals surface area contributed by atoms with Gasteiger partial charge in [-0.2, -0.15) is 0 Å². The van der Waals surface area contributed by atoms with Crippen LogP contribution in [0.4, 0.5) is 17.2 Å². The summed E-state index contributed by atoms with van der Waals surface area (Å²) < 4.78 is 0. The molecule has 5 rings (SSSR count). The highest BCUT2D eigenvalue weighted by molar-refractivity contribution is 7.19. The summed E-state index contributed by atoms with van der Waals surface area (Å²) in [4.78, 5) is 14.2. The van der Waals surface area contributed by atoms with Gasteiger partial charge in [0.15, 0.2) is 0 Å². The van der Waals surface area contributed by atoms with Gasteiger partial charge in [-0.25, -0.2) is 9.97 Å². The minimum Gasteiger partial charge on any atom is -0.372 e. The molecule has 4 nitrogen and oxygen atoms in total. The Hall–Kier alpha value is -2.14. The Labute approximate surface area is 164 Å². The van der Waals surface area contributed by atoms with Crippen LogP contribution >= 0.6 is 11.3 Å². The average molecular weight is 379 g/mol. The summed E-state index contributed by atoms with van der Waals surface area (Å²) in [7, 11) is 0. The third-order valence-corrected chi connectivity index (χ3v) is 7.23. The second kappa shape index (κ2) is 7.12. The van der Waals surface area contributed by atoms with Gasteiger partial charge in [-0.05, 0) is 74.3 Å². The molecule has 5 heteroatoms. The lowest BCUT2D eigenvalue weighted by Gasteiger charge is -2.32. The SMILES string of the molecule is CC1CCN(c2ccc(Nc3ncnc4sc5c(c34)CCCC5)cc2)CC1. The molecule has 1 aliphatic heterocycles. The van der Waals surface area contributed by atoms with Crippen molar-refractivity contribution in [2.24, 2.45) is 5.92 Å². The van der Waals surface area contributed by atoms with E-state index in [1.165, 1.54) is 66.7 Å². The first-order valence-corrected chi connectivity index (χ1v) is 11.0. The number of aromatic nitrogens is 2. The quantitative estimate of drug-likeness (QED) is 0.649. The summed E-state index contributed by atoms with van der Waals surface area (Å²) in [5.74, 6) is 1.82. The summed E-state index contributed by atoms with van der Waals surface area (Å²) in [6.45, 7) is 4.69. The van der Waals surface area contributed by atoms with E-state index >= 15 is 0 Å². The number of aryl methyl sites for hydroxylation is 2. The highest BCUT2D eigenvalue weighted by Gasteiger charge is 2.20. The van der Waals surface area contributed by atoms with E-state index in [0.29, 0.717) is 0 Å². The first kappa shape index (κ1) is 17.0. The number of hydrogen-bond donors (Lipinski definition) is 1. The molecule has 1 N–H and O–H groups in total. The summed E-state index contributed by atoms with van der Waals surface area (Å²) in [5, 5.41) is 4.80. The van der Waals surface area contributed by atoms with Crippen LogP contribution in [0.5, 0.6) is 0 Å². The number of anilines is 3. The summed E-state index contributed by atoms with van der Waals surface area (Å²) in [6.07, 6.45) is 9.20. The molecule has 1 saturated heterocycles. The largest absolute Gasteiger partial charge is 0.372 e. The maximum atomic E-state index is 4.58. The van der Waals surface area contributed by atoms with Crippen molar-refractivity contribution in [3.05, 3.63) is 41.0 Å². The van der Waals surface area contributed by atoms with Crippen molar-refractivity contribution in [2.75, 3.05) is 23.3 Å². The van der Waals surface area contributed by atoms with Gasteiger partial charge in [0.05, 0.1) is 5.39 Å². The second-order valence-electron chi connectivity index (χ2n) is 7.95. The first-order chi connectivity index (χ1) is 13.3. The van der Waals surface area contributed by atoms with E-state index in [0.717, 1.165) is 28.7 Å². The smallest absolute Gasteiger partial charge is 0.142 e. The van der Waals surface area contributed by atoms with Crippen LogP contribution in [0.1, 0.15) is 43.0 Å². The lowest BCUT2D eigenvalue weighted by atomic mass is 9.97. The lowest BCUT2D eigenvalue weighted by Crippen LogP contribution is -2.32. The molecule has 0 radical (unpaired) electrons. The van der Waals surface area contributed by atoms with Gasteiger partial charge in [0, 0.05) is 29.3 Å². The van der Waals surface area contributed by atoms with E-state index < -0.39 is 0 Å². The molecule has 0 atom stereocenters. The number of piperidine rings is 1. The zero-order valence-corrected chi connectivity index (χ0v) is 16.7. The molecule has 0 amide bonds. The fraction of sp³-hybridized carbons (Fsp3) is 0.455. The Kier molecular flexibility index (Phi) is 4.48. The van der Waals surface area contributed by atoms with E-state index in [-0.39, 0.29) is 0 Å². The van der Waals surface area contributed by atoms with Crippen LogP contribution in [-0.2, 0) is 12.8 Å². The van der Waals surface area contributed by atoms with Crippen LogP contribution in [0.25, 0.3) is 10.2 Å². The number of hydrogen-bond acceptors (Lipinski definition) is 5. The summed E-state index contributed by atoms with van der Waals surface area (Å²) in [5.41, 5.74) is 3.90. The first-order valence-electron chi connectivity index (χ1n) is 10.2. The van der Waals surface area contributed by atoms with Gasteiger partial charge in [0.1, 0.15) is 17.0 Å². The average Bonchev–Trinajstić information content (AvgIpc) is 3.09. The Morgan fingerprint density at radius 1 is 1.04 bits per heavy atom. The summed E-state index contributed by atoms with van der Waals surface area (Å²) in [6, 6.07) is 8.83. The Bertz CT molecular complexity index is 939. The van der Waals surface area contributed by atoms with Crippen LogP contribution in [0.3, 0.4) is 0 Å². The molecule has 0 bridgehead atoms. The van der Waals surface area contributed by atoms with Gasteiger partial charge in [-0.3, -0.25) is 0 Å². The minimum absolute atomic E-state index is 0.860. The molecule has 2 aliphatic rings. The van der Waals surface area contributed by atoms with Gasteiger partial charge in [0.2, 0.25) is 0 Å². The number of thiophene rings is 1. The second-order valence-corrected chi connectivity index (χ2v) is 9.04. The fourth-order valence-electron chi connectivity index (χ4n) is 4.34. The Morgan fingerprint density at radius 3 is 2.63 bits per heavy atom. The lowest BCUT2D eigenvalue weighted by molar-refractivity contribution is 0.438. The third kappa shape index (κ3) is 3.29. The molecule has 1 fully saturated rings. The van der Waals surface area contributed by atoms with Crippen LogP contribution in [-0.4, -0.2) is 23.1 Å². The molecule has 1 aliphatic carbocycles. The molecule has 3 heterocycles. The van der Waals surface area contributed by atoms with Crippen LogP contribution < -0.4 is 10.2 Å². The fourth-order valence-corrected chi connectivity index (χ4v) is 5.57. The predicted molar refractivity (Wildman–Crippen MR) is 114 cm³/mol. The number of nitrogens with zero attached hydrogens (tertiary/aromatic N) is 3. The molecule has 1 aromatic carbocycles. The molecule has 2 aromatic heterocycles. The van der Waals surface area contributed by atoms with E-state index in [4.69, 9.17) is 0 Å². The van der Waals surface area contributed by atoms with E-state index in [1.54, 1.807) is 6.33 Å². The molecule has 0 spiro atoms. The molecule has 27 heavy (non-hydrogen) atoms. The number of fused-ring (bicyclic) bond motifs is 3. The van der Waals surface area contributed by atoms with Gasteiger partial charge in [0.25, 0.3) is 0 Å². The van der Waals surface area contributed by atoms with Crippen molar-refractivity contribution in [3.63, 3.8) is 0 Å². The van der Waals surface area contributed by atoms with Crippen molar-refractivity contribution in [3.8, 4) is 0 Å². The number of benzene rings is 1. The van der Waals surface area contributed by atoms with Gasteiger partial charge in [-0.1, -0.05) is 6.92 Å². The minimum atomic E-state index is 0.860. The molecular formula is C22H26N4S. The highest BCUT2D eigenvalue weighted by atomic mass is 32.1. The van der Waals surface area contributed by atoms with Gasteiger partial charge in [-0.15, -0.1) is 11.3 Å². The third-order valence-electron chi connectivity index (χ3n) is 6.03. The molecule has 3 aromatic rings. The maximum absolute atomic E-state index is 4.58. The van der Waals surface area contributed by atoms with Gasteiger partial charge < -0.3 is 10.2 Å². The normalized spacial score (nSPS) is 17.9. The Balaban J connectivity index is 1.40.